The van der Waals surface area contributed by atoms with E-state index >= 15 is 0 Å². The number of nitrogens with zero attached hydrogens (tertiary/aromatic N) is 2. The lowest BCUT2D eigenvalue weighted by Gasteiger charge is -2.31. The number of hydrogen-bond donors (Lipinski definition) is 0. The minimum Gasteiger partial charge on any atom is -0.381 e. The van der Waals surface area contributed by atoms with Gasteiger partial charge in [0, 0.05) is 43.6 Å². The van der Waals surface area contributed by atoms with Crippen molar-refractivity contribution in [2.45, 2.75) is 38.5 Å². The summed E-state index contributed by atoms with van der Waals surface area (Å²) in [6.07, 6.45) is 7.58. The summed E-state index contributed by atoms with van der Waals surface area (Å²) in [7, 11) is 2.01. The second kappa shape index (κ2) is 7.83. The molecule has 140 valence electrons. The Labute approximate surface area is 156 Å². The van der Waals surface area contributed by atoms with Crippen LogP contribution < -0.4 is 0 Å². The summed E-state index contributed by atoms with van der Waals surface area (Å²) in [6.45, 7) is 3.36. The van der Waals surface area contributed by atoms with Crippen LogP contribution in [0, 0.1) is 11.8 Å². The first-order valence-electron chi connectivity index (χ1n) is 10.1. The average molecular weight is 354 g/mol. The zero-order valence-electron chi connectivity index (χ0n) is 15.8. The molecule has 4 heteroatoms. The predicted molar refractivity (Wildman–Crippen MR) is 104 cm³/mol. The molecule has 2 heterocycles. The molecule has 26 heavy (non-hydrogen) atoms. The Hall–Kier alpha value is -1.81. The van der Waals surface area contributed by atoms with Gasteiger partial charge in [0.2, 0.25) is 0 Å². The van der Waals surface area contributed by atoms with Gasteiger partial charge in [-0.2, -0.15) is 0 Å². The summed E-state index contributed by atoms with van der Waals surface area (Å²) in [5, 5.41) is 1.14. The van der Waals surface area contributed by atoms with Crippen LogP contribution in [0.4, 0.5) is 0 Å². The number of carbonyl (C=O) groups excluding carboxylic acids is 1. The number of amides is 1. The molecule has 4 rings (SSSR count). The van der Waals surface area contributed by atoms with Crippen LogP contribution in [-0.4, -0.2) is 41.7 Å². The number of para-hydroxylation sites is 1. The number of rotatable bonds is 5. The Morgan fingerprint density at radius 1 is 1.12 bits per heavy atom. The number of ether oxygens (including phenoxy) is 1. The van der Waals surface area contributed by atoms with Crippen molar-refractivity contribution in [1.29, 1.82) is 0 Å². The van der Waals surface area contributed by atoms with Crippen molar-refractivity contribution in [1.82, 2.24) is 9.47 Å². The molecule has 0 radical (unpaired) electrons. The fourth-order valence-corrected chi connectivity index (χ4v) is 4.62. The highest BCUT2D eigenvalue weighted by Crippen LogP contribution is 2.27. The van der Waals surface area contributed by atoms with Gasteiger partial charge in [-0.15, -0.1) is 0 Å². The van der Waals surface area contributed by atoms with Gasteiger partial charge in [-0.25, -0.2) is 0 Å². The summed E-state index contributed by atoms with van der Waals surface area (Å²) in [5.41, 5.74) is 1.93. The number of aryl methyl sites for hydroxylation is 1. The van der Waals surface area contributed by atoms with E-state index in [0.29, 0.717) is 11.8 Å². The molecule has 4 nitrogen and oxygen atoms in total. The molecule has 2 aliphatic rings. The van der Waals surface area contributed by atoms with E-state index in [4.69, 9.17) is 4.74 Å². The first kappa shape index (κ1) is 17.6. The third kappa shape index (κ3) is 3.66. The van der Waals surface area contributed by atoms with Crippen LogP contribution >= 0.6 is 0 Å². The van der Waals surface area contributed by atoms with Gasteiger partial charge < -0.3 is 14.2 Å². The quantitative estimate of drug-likeness (QED) is 0.805. The first-order valence-corrected chi connectivity index (χ1v) is 10.1. The van der Waals surface area contributed by atoms with Crippen LogP contribution in [0.2, 0.25) is 0 Å². The lowest BCUT2D eigenvalue weighted by Crippen LogP contribution is -2.40. The lowest BCUT2D eigenvalue weighted by atomic mass is 9.88. The number of benzene rings is 1. The van der Waals surface area contributed by atoms with Crippen molar-refractivity contribution in [2.75, 3.05) is 26.3 Å². The summed E-state index contributed by atoms with van der Waals surface area (Å²) in [5.74, 6) is 1.32. The van der Waals surface area contributed by atoms with Gasteiger partial charge in [-0.1, -0.05) is 37.5 Å². The summed E-state index contributed by atoms with van der Waals surface area (Å²) >= 11 is 0. The van der Waals surface area contributed by atoms with Crippen LogP contribution in [-0.2, 0) is 11.8 Å². The number of aromatic nitrogens is 1. The van der Waals surface area contributed by atoms with E-state index in [0.717, 1.165) is 49.3 Å². The molecular weight excluding hydrogens is 324 g/mol. The molecule has 1 aromatic carbocycles. The Bertz CT molecular complexity index is 755. The molecule has 1 aliphatic heterocycles. The second-order valence-electron chi connectivity index (χ2n) is 8.09. The molecule has 0 bridgehead atoms. The van der Waals surface area contributed by atoms with E-state index < -0.39 is 0 Å². The zero-order chi connectivity index (χ0) is 17.9. The van der Waals surface area contributed by atoms with Crippen LogP contribution in [0.15, 0.2) is 30.3 Å². The normalized spacial score (nSPS) is 21.3. The smallest absolute Gasteiger partial charge is 0.270 e. The number of fused-ring (bicyclic) bond motifs is 1. The van der Waals surface area contributed by atoms with Crippen LogP contribution in [0.5, 0.6) is 0 Å². The largest absolute Gasteiger partial charge is 0.381 e. The molecule has 1 amide bonds. The third-order valence-electron chi connectivity index (χ3n) is 6.16. The fraction of sp³-hybridized carbons (Fsp3) is 0.591. The van der Waals surface area contributed by atoms with Crippen molar-refractivity contribution < 1.29 is 9.53 Å². The average Bonchev–Trinajstić information content (AvgIpc) is 3.30. The summed E-state index contributed by atoms with van der Waals surface area (Å²) < 4.78 is 7.61. The Balaban J connectivity index is 1.57. The van der Waals surface area contributed by atoms with Gasteiger partial charge in [0.1, 0.15) is 5.69 Å². The fourth-order valence-electron chi connectivity index (χ4n) is 4.62. The SMILES string of the molecule is Cn1c(C(=O)N(CC2CCCCC2)C[C@H]2CCOC2)cc2ccccc21. The van der Waals surface area contributed by atoms with Crippen LogP contribution in [0.25, 0.3) is 10.9 Å². The molecule has 2 fully saturated rings. The molecule has 1 aliphatic carbocycles. The minimum atomic E-state index is 0.182. The third-order valence-corrected chi connectivity index (χ3v) is 6.16. The van der Waals surface area contributed by atoms with E-state index in [9.17, 15) is 4.79 Å². The van der Waals surface area contributed by atoms with E-state index in [1.807, 2.05) is 19.2 Å². The van der Waals surface area contributed by atoms with E-state index in [2.05, 4.69) is 27.7 Å². The van der Waals surface area contributed by atoms with Gasteiger partial charge >= 0.3 is 0 Å². The van der Waals surface area contributed by atoms with E-state index in [1.54, 1.807) is 0 Å². The first-order chi connectivity index (χ1) is 12.7. The van der Waals surface area contributed by atoms with Crippen molar-refractivity contribution in [3.63, 3.8) is 0 Å². The molecule has 1 aromatic heterocycles. The number of carbonyl (C=O) groups is 1. The molecular formula is C22H30N2O2. The number of hydrogen-bond acceptors (Lipinski definition) is 2. The van der Waals surface area contributed by atoms with Gasteiger partial charge in [-0.05, 0) is 37.3 Å². The van der Waals surface area contributed by atoms with Crippen molar-refractivity contribution >= 4 is 16.8 Å². The highest BCUT2D eigenvalue weighted by Gasteiger charge is 2.28. The molecule has 0 unspecified atom stereocenters. The maximum Gasteiger partial charge on any atom is 0.270 e. The monoisotopic (exact) mass is 354 g/mol. The van der Waals surface area contributed by atoms with Gasteiger partial charge in [0.05, 0.1) is 6.61 Å². The zero-order valence-corrected chi connectivity index (χ0v) is 15.8. The lowest BCUT2D eigenvalue weighted by molar-refractivity contribution is 0.0664. The minimum absolute atomic E-state index is 0.182. The van der Waals surface area contributed by atoms with E-state index in [1.165, 1.54) is 32.1 Å². The van der Waals surface area contributed by atoms with Gasteiger partial charge in [-0.3, -0.25) is 4.79 Å². The maximum absolute atomic E-state index is 13.5. The standard InChI is InChI=1S/C22H30N2O2/c1-23-20-10-6-5-9-19(20)13-21(23)22(25)24(15-18-11-12-26-16-18)14-17-7-3-2-4-8-17/h5-6,9-10,13,17-18H,2-4,7-8,11-12,14-16H2,1H3/t18-/m1/s1. The Morgan fingerprint density at radius 3 is 2.62 bits per heavy atom. The molecule has 1 saturated heterocycles. The van der Waals surface area contributed by atoms with Crippen molar-refractivity contribution in [3.05, 3.63) is 36.0 Å². The highest BCUT2D eigenvalue weighted by atomic mass is 16.5. The van der Waals surface area contributed by atoms with E-state index in [-0.39, 0.29) is 5.91 Å². The molecule has 1 saturated carbocycles. The van der Waals surface area contributed by atoms with Crippen LogP contribution in [0.3, 0.4) is 0 Å². The topological polar surface area (TPSA) is 34.5 Å². The van der Waals surface area contributed by atoms with Crippen molar-refractivity contribution in [2.24, 2.45) is 18.9 Å². The van der Waals surface area contributed by atoms with Gasteiger partial charge in [0.15, 0.2) is 0 Å². The Morgan fingerprint density at radius 2 is 1.88 bits per heavy atom. The predicted octanol–water partition coefficient (Wildman–Crippen LogP) is 4.24. The van der Waals surface area contributed by atoms with Gasteiger partial charge in [0.25, 0.3) is 5.91 Å². The second-order valence-corrected chi connectivity index (χ2v) is 8.09. The molecule has 1 atom stereocenters. The summed E-state index contributed by atoms with van der Waals surface area (Å²) in [6, 6.07) is 10.3. The maximum atomic E-state index is 13.5. The molecule has 0 spiro atoms. The summed E-state index contributed by atoms with van der Waals surface area (Å²) in [4.78, 5) is 15.6. The highest BCUT2D eigenvalue weighted by molar-refractivity contribution is 5.98. The molecule has 0 N–H and O–H groups in total. The Kier molecular flexibility index (Phi) is 5.30. The van der Waals surface area contributed by atoms with Crippen molar-refractivity contribution in [3.8, 4) is 0 Å². The van der Waals surface area contributed by atoms with Crippen LogP contribution in [0.1, 0.15) is 49.0 Å². The molecule has 2 aromatic rings.